The molecule has 0 rings (SSSR count). The molecule has 5 heteroatoms. The highest BCUT2D eigenvalue weighted by Gasteiger charge is 2.17. The van der Waals surface area contributed by atoms with Gasteiger partial charge in [0.15, 0.2) is 0 Å². The Bertz CT molecular complexity index is 213. The normalized spacial score (nSPS) is 16.3. The van der Waals surface area contributed by atoms with Crippen LogP contribution in [0.5, 0.6) is 0 Å². The minimum absolute atomic E-state index is 0.114. The molecular weight excluding hydrogens is 213 g/mol. The molecule has 0 aromatic heterocycles. The second kappa shape index (κ2) is 6.64. The Kier molecular flexibility index (Phi) is 6.69. The predicted octanol–water partition coefficient (Wildman–Crippen LogP) is 2.38. The second-order valence-electron chi connectivity index (χ2n) is 4.66. The van der Waals surface area contributed by atoms with Gasteiger partial charge in [-0.05, 0) is 47.1 Å². The Hall–Kier alpha value is 0.110. The molecule has 0 aromatic carbocycles. The van der Waals surface area contributed by atoms with Crippen molar-refractivity contribution < 1.29 is 14.0 Å². The largest absolute Gasteiger partial charge is 0.328 e. The van der Waals surface area contributed by atoms with E-state index in [0.717, 1.165) is 19.4 Å². The van der Waals surface area contributed by atoms with Crippen LogP contribution in [0.2, 0.25) is 0 Å². The quantitative estimate of drug-likeness (QED) is 0.527. The van der Waals surface area contributed by atoms with Crippen LogP contribution in [0.3, 0.4) is 0 Å². The minimum Gasteiger partial charge on any atom is -0.324 e. The summed E-state index contributed by atoms with van der Waals surface area (Å²) >= 11 is 0. The molecule has 0 saturated carbocycles. The van der Waals surface area contributed by atoms with Gasteiger partial charge in [0.05, 0.1) is 12.8 Å². The summed E-state index contributed by atoms with van der Waals surface area (Å²) in [7, 11) is -3.30. The van der Waals surface area contributed by atoms with Crippen LogP contribution in [0, 0.1) is 0 Å². The van der Waals surface area contributed by atoms with Crippen LogP contribution in [0.1, 0.15) is 40.5 Å². The van der Waals surface area contributed by atoms with Gasteiger partial charge >= 0.3 is 7.60 Å². The number of hydrogen-bond acceptors (Lipinski definition) is 3. The smallest absolute Gasteiger partial charge is 0.324 e. The van der Waals surface area contributed by atoms with Crippen LogP contribution in [-0.4, -0.2) is 29.7 Å². The van der Waals surface area contributed by atoms with E-state index in [1.807, 2.05) is 0 Å². The first-order valence-electron chi connectivity index (χ1n) is 5.48. The number of unbranched alkanes of at least 4 members (excludes halogenated alkanes) is 1. The Balaban J connectivity index is 3.51. The monoisotopic (exact) mass is 237 g/mol. The SMILES string of the molecule is CCOP(=O)(O)CCCCNC(C)(C)C. The van der Waals surface area contributed by atoms with Gasteiger partial charge in [0.1, 0.15) is 0 Å². The molecule has 92 valence electrons. The van der Waals surface area contributed by atoms with Crippen LogP contribution in [0.25, 0.3) is 0 Å². The van der Waals surface area contributed by atoms with Gasteiger partial charge in [-0.25, -0.2) is 0 Å². The van der Waals surface area contributed by atoms with Crippen molar-refractivity contribution in [3.8, 4) is 0 Å². The lowest BCUT2D eigenvalue weighted by Gasteiger charge is -2.20. The molecule has 0 spiro atoms. The third-order valence-corrected chi connectivity index (χ3v) is 3.40. The van der Waals surface area contributed by atoms with E-state index >= 15 is 0 Å². The Morgan fingerprint density at radius 1 is 1.33 bits per heavy atom. The number of hydrogen-bond donors (Lipinski definition) is 2. The van der Waals surface area contributed by atoms with Crippen molar-refractivity contribution in [1.82, 2.24) is 5.32 Å². The van der Waals surface area contributed by atoms with E-state index in [2.05, 4.69) is 26.1 Å². The third-order valence-electron chi connectivity index (χ3n) is 1.85. The van der Waals surface area contributed by atoms with Gasteiger partial charge in [-0.15, -0.1) is 0 Å². The summed E-state index contributed by atoms with van der Waals surface area (Å²) in [5.41, 5.74) is 0.114. The van der Waals surface area contributed by atoms with E-state index in [0.29, 0.717) is 6.61 Å². The fourth-order valence-corrected chi connectivity index (χ4v) is 2.32. The fraction of sp³-hybridized carbons (Fsp3) is 1.00. The molecule has 0 aliphatic rings. The summed E-state index contributed by atoms with van der Waals surface area (Å²) in [6, 6.07) is 0. The zero-order valence-corrected chi connectivity index (χ0v) is 11.1. The summed E-state index contributed by atoms with van der Waals surface area (Å²) in [6.45, 7) is 9.20. The maximum Gasteiger partial charge on any atom is 0.328 e. The molecule has 0 saturated heterocycles. The topological polar surface area (TPSA) is 58.6 Å². The molecule has 2 N–H and O–H groups in total. The van der Waals surface area contributed by atoms with Crippen LogP contribution in [0.4, 0.5) is 0 Å². The molecule has 1 unspecified atom stereocenters. The molecule has 0 amide bonds. The highest BCUT2D eigenvalue weighted by molar-refractivity contribution is 7.52. The first-order chi connectivity index (χ1) is 6.77. The van der Waals surface area contributed by atoms with Gasteiger partial charge in [0.2, 0.25) is 0 Å². The summed E-state index contributed by atoms with van der Waals surface area (Å²) in [5, 5.41) is 3.33. The van der Waals surface area contributed by atoms with Crippen LogP contribution < -0.4 is 5.32 Å². The van der Waals surface area contributed by atoms with E-state index in [9.17, 15) is 9.46 Å². The van der Waals surface area contributed by atoms with E-state index < -0.39 is 7.60 Å². The fourth-order valence-electron chi connectivity index (χ4n) is 1.17. The van der Waals surface area contributed by atoms with Gasteiger partial charge in [-0.1, -0.05) is 0 Å². The van der Waals surface area contributed by atoms with Crippen molar-refractivity contribution in [2.45, 2.75) is 46.1 Å². The zero-order valence-electron chi connectivity index (χ0n) is 10.2. The summed E-state index contributed by atoms with van der Waals surface area (Å²) < 4.78 is 16.1. The molecule has 0 aromatic rings. The maximum atomic E-state index is 11.3. The molecule has 4 nitrogen and oxygen atoms in total. The van der Waals surface area contributed by atoms with Gasteiger partial charge in [-0.3, -0.25) is 4.57 Å². The Labute approximate surface area is 92.9 Å². The van der Waals surface area contributed by atoms with E-state index in [4.69, 9.17) is 4.52 Å². The highest BCUT2D eigenvalue weighted by Crippen LogP contribution is 2.42. The van der Waals surface area contributed by atoms with Crippen molar-refractivity contribution in [3.63, 3.8) is 0 Å². The molecule has 0 radical (unpaired) electrons. The van der Waals surface area contributed by atoms with Crippen molar-refractivity contribution in [3.05, 3.63) is 0 Å². The minimum atomic E-state index is -3.30. The Morgan fingerprint density at radius 2 is 1.93 bits per heavy atom. The van der Waals surface area contributed by atoms with Crippen molar-refractivity contribution >= 4 is 7.60 Å². The van der Waals surface area contributed by atoms with Gasteiger partial charge in [-0.2, -0.15) is 0 Å². The molecule has 1 atom stereocenters. The van der Waals surface area contributed by atoms with Crippen molar-refractivity contribution in [2.24, 2.45) is 0 Å². The van der Waals surface area contributed by atoms with Crippen molar-refractivity contribution in [1.29, 1.82) is 0 Å². The number of nitrogens with one attached hydrogen (secondary N) is 1. The molecule has 0 aliphatic carbocycles. The average Bonchev–Trinajstić information content (AvgIpc) is 2.00. The average molecular weight is 237 g/mol. The molecular formula is C10H24NO3P. The molecule has 15 heavy (non-hydrogen) atoms. The first-order valence-corrected chi connectivity index (χ1v) is 7.24. The zero-order chi connectivity index (χ0) is 11.9. The van der Waals surface area contributed by atoms with Crippen LogP contribution >= 0.6 is 7.60 Å². The summed E-state index contributed by atoms with van der Waals surface area (Å²) in [4.78, 5) is 9.29. The predicted molar refractivity (Wildman–Crippen MR) is 63.3 cm³/mol. The molecule has 0 heterocycles. The third kappa shape index (κ3) is 10.4. The molecule has 0 bridgehead atoms. The van der Waals surface area contributed by atoms with Gasteiger partial charge in [0.25, 0.3) is 0 Å². The van der Waals surface area contributed by atoms with Crippen molar-refractivity contribution in [2.75, 3.05) is 19.3 Å². The van der Waals surface area contributed by atoms with E-state index in [-0.39, 0.29) is 11.7 Å². The molecule has 0 aliphatic heterocycles. The summed E-state index contributed by atoms with van der Waals surface area (Å²) in [6.07, 6.45) is 1.87. The second-order valence-corrected chi connectivity index (χ2v) is 6.64. The van der Waals surface area contributed by atoms with Gasteiger partial charge in [0, 0.05) is 5.54 Å². The van der Waals surface area contributed by atoms with Gasteiger partial charge < -0.3 is 14.7 Å². The number of rotatable bonds is 7. The lowest BCUT2D eigenvalue weighted by atomic mass is 10.1. The van der Waals surface area contributed by atoms with E-state index in [1.165, 1.54) is 0 Å². The summed E-state index contributed by atoms with van der Waals surface area (Å²) in [5.74, 6) is 0. The lowest BCUT2D eigenvalue weighted by molar-refractivity contribution is 0.272. The molecule has 0 fully saturated rings. The Morgan fingerprint density at radius 3 is 2.40 bits per heavy atom. The van der Waals surface area contributed by atoms with E-state index in [1.54, 1.807) is 6.92 Å². The van der Waals surface area contributed by atoms with Crippen LogP contribution in [0.15, 0.2) is 0 Å². The first kappa shape index (κ1) is 15.1. The standard InChI is InChI=1S/C10H24NO3P/c1-5-14-15(12,13)9-7-6-8-11-10(2,3)4/h11H,5-9H2,1-4H3,(H,12,13). The maximum absolute atomic E-state index is 11.3. The lowest BCUT2D eigenvalue weighted by Crippen LogP contribution is -2.36. The van der Waals surface area contributed by atoms with Crippen LogP contribution in [-0.2, 0) is 9.09 Å². The highest BCUT2D eigenvalue weighted by atomic mass is 31.2.